The monoisotopic (exact) mass is 427 g/mol. The third-order valence-corrected chi connectivity index (χ3v) is 3.77. The molecule has 0 saturated heterocycles. The fourth-order valence-electron chi connectivity index (χ4n) is 1.79. The second-order valence-electron chi connectivity index (χ2n) is 4.81. The van der Waals surface area contributed by atoms with E-state index >= 15 is 0 Å². The van der Waals surface area contributed by atoms with Gasteiger partial charge in [0.25, 0.3) is 11.8 Å². The molecule has 25 heavy (non-hydrogen) atoms. The van der Waals surface area contributed by atoms with Crippen molar-refractivity contribution in [1.29, 1.82) is 0 Å². The molecule has 0 spiro atoms. The molecule has 3 N–H and O–H groups in total. The molecule has 0 aliphatic carbocycles. The zero-order valence-corrected chi connectivity index (χ0v) is 14.9. The van der Waals surface area contributed by atoms with Crippen LogP contribution in [0.1, 0.15) is 15.9 Å². The highest BCUT2D eigenvalue weighted by Gasteiger charge is 2.09. The lowest BCUT2D eigenvalue weighted by atomic mass is 10.2. The zero-order chi connectivity index (χ0) is 18.4. The topological polar surface area (TPSA) is 90.8 Å². The highest BCUT2D eigenvalue weighted by molar-refractivity contribution is 9.10. The number of hydrazone groups is 1. The molecular weight excluding hydrogens is 417 g/mol. The maximum absolute atomic E-state index is 13.0. The van der Waals surface area contributed by atoms with Crippen molar-refractivity contribution >= 4 is 45.6 Å². The first kappa shape index (κ1) is 18.9. The first-order valence-electron chi connectivity index (χ1n) is 6.90. The van der Waals surface area contributed by atoms with Crippen LogP contribution in [0.15, 0.2) is 46.0 Å². The molecule has 2 aromatic rings. The average molecular weight is 429 g/mol. The predicted octanol–water partition coefficient (Wildman–Crippen LogP) is 2.83. The third-order valence-electron chi connectivity index (χ3n) is 2.95. The van der Waals surface area contributed by atoms with Gasteiger partial charge in [0.05, 0.1) is 17.2 Å². The van der Waals surface area contributed by atoms with E-state index in [1.165, 1.54) is 36.5 Å². The van der Waals surface area contributed by atoms with Crippen molar-refractivity contribution in [2.45, 2.75) is 0 Å². The SMILES string of the molecule is O=C(CNC(=O)c1cccc(F)c1)N/N=C/c1cc(Cl)cc(Br)c1O. The van der Waals surface area contributed by atoms with Gasteiger partial charge in [0.15, 0.2) is 0 Å². The van der Waals surface area contributed by atoms with E-state index in [0.717, 1.165) is 6.07 Å². The molecule has 0 unspecified atom stereocenters. The number of carbonyl (C=O) groups excluding carboxylic acids is 2. The van der Waals surface area contributed by atoms with Crippen LogP contribution in [-0.2, 0) is 4.79 Å². The van der Waals surface area contributed by atoms with Gasteiger partial charge in [-0.2, -0.15) is 5.10 Å². The summed E-state index contributed by atoms with van der Waals surface area (Å²) in [6.07, 6.45) is 1.21. The zero-order valence-electron chi connectivity index (χ0n) is 12.6. The first-order chi connectivity index (χ1) is 11.9. The molecule has 0 aliphatic heterocycles. The van der Waals surface area contributed by atoms with Gasteiger partial charge >= 0.3 is 0 Å². The summed E-state index contributed by atoms with van der Waals surface area (Å²) < 4.78 is 13.4. The number of halogens is 3. The van der Waals surface area contributed by atoms with Gasteiger partial charge in [-0.25, -0.2) is 9.82 Å². The largest absolute Gasteiger partial charge is 0.506 e. The molecule has 0 heterocycles. The second kappa shape index (κ2) is 8.59. The molecule has 0 fully saturated rings. The summed E-state index contributed by atoms with van der Waals surface area (Å²) in [4.78, 5) is 23.4. The van der Waals surface area contributed by atoms with Crippen LogP contribution in [-0.4, -0.2) is 29.7 Å². The number of hydrogen-bond acceptors (Lipinski definition) is 4. The van der Waals surface area contributed by atoms with Crippen molar-refractivity contribution in [1.82, 2.24) is 10.7 Å². The minimum Gasteiger partial charge on any atom is -0.506 e. The molecule has 130 valence electrons. The van der Waals surface area contributed by atoms with E-state index < -0.39 is 17.6 Å². The van der Waals surface area contributed by atoms with Crippen LogP contribution in [0.2, 0.25) is 5.02 Å². The van der Waals surface area contributed by atoms with Crippen molar-refractivity contribution in [3.63, 3.8) is 0 Å². The minimum atomic E-state index is -0.596. The first-order valence-corrected chi connectivity index (χ1v) is 8.07. The number of carbonyl (C=O) groups is 2. The number of rotatable bonds is 5. The molecule has 2 rings (SSSR count). The summed E-state index contributed by atoms with van der Waals surface area (Å²) in [6.45, 7) is -0.349. The Kier molecular flexibility index (Phi) is 6.49. The molecule has 0 atom stereocenters. The molecule has 6 nitrogen and oxygen atoms in total. The number of benzene rings is 2. The Morgan fingerprint density at radius 3 is 2.80 bits per heavy atom. The van der Waals surface area contributed by atoms with E-state index in [9.17, 15) is 19.1 Å². The number of amides is 2. The van der Waals surface area contributed by atoms with Gasteiger partial charge in [-0.1, -0.05) is 17.7 Å². The maximum atomic E-state index is 13.0. The van der Waals surface area contributed by atoms with Gasteiger partial charge in [-0.3, -0.25) is 9.59 Å². The summed E-state index contributed by atoms with van der Waals surface area (Å²) in [5.41, 5.74) is 2.58. The maximum Gasteiger partial charge on any atom is 0.259 e. The quantitative estimate of drug-likeness (QED) is 0.505. The Labute approximate surface area is 155 Å². The summed E-state index contributed by atoms with van der Waals surface area (Å²) in [5.74, 6) is -1.81. The van der Waals surface area contributed by atoms with E-state index in [-0.39, 0.29) is 17.9 Å². The Balaban J connectivity index is 1.88. The molecule has 0 aromatic heterocycles. The van der Waals surface area contributed by atoms with Crippen LogP contribution >= 0.6 is 27.5 Å². The molecule has 0 radical (unpaired) electrons. The van der Waals surface area contributed by atoms with Gasteiger partial charge in [0.1, 0.15) is 11.6 Å². The molecular formula is C16H12BrClFN3O3. The second-order valence-corrected chi connectivity index (χ2v) is 6.10. The van der Waals surface area contributed by atoms with E-state index in [1.54, 1.807) is 0 Å². The lowest BCUT2D eigenvalue weighted by Crippen LogP contribution is -2.34. The molecule has 0 saturated carbocycles. The lowest BCUT2D eigenvalue weighted by molar-refractivity contribution is -0.120. The number of aromatic hydroxyl groups is 1. The van der Waals surface area contributed by atoms with Crippen LogP contribution < -0.4 is 10.7 Å². The Morgan fingerprint density at radius 1 is 1.32 bits per heavy atom. The van der Waals surface area contributed by atoms with Gasteiger partial charge in [0, 0.05) is 16.1 Å². The highest BCUT2D eigenvalue weighted by atomic mass is 79.9. The molecule has 0 aliphatic rings. The normalized spacial score (nSPS) is 10.7. The van der Waals surface area contributed by atoms with E-state index in [2.05, 4.69) is 31.8 Å². The number of nitrogens with zero attached hydrogens (tertiary/aromatic N) is 1. The fraction of sp³-hybridized carbons (Fsp3) is 0.0625. The van der Waals surface area contributed by atoms with Gasteiger partial charge in [0.2, 0.25) is 0 Å². The van der Waals surface area contributed by atoms with Crippen LogP contribution in [0.4, 0.5) is 4.39 Å². The standard InChI is InChI=1S/C16H12BrClFN3O3/c17-13-6-11(18)4-10(15(13)24)7-21-22-14(23)8-20-16(25)9-2-1-3-12(19)5-9/h1-7,24H,8H2,(H,20,25)(H,22,23)/b21-7+. The number of nitrogens with one attached hydrogen (secondary N) is 2. The third kappa shape index (κ3) is 5.54. The predicted molar refractivity (Wildman–Crippen MR) is 95.3 cm³/mol. The van der Waals surface area contributed by atoms with Crippen molar-refractivity contribution in [2.75, 3.05) is 6.54 Å². The van der Waals surface area contributed by atoms with E-state index in [4.69, 9.17) is 11.6 Å². The van der Waals surface area contributed by atoms with E-state index in [1.807, 2.05) is 0 Å². The Hall–Kier alpha value is -2.45. The summed E-state index contributed by atoms with van der Waals surface area (Å²) in [7, 11) is 0. The minimum absolute atomic E-state index is 0.0817. The number of phenolic OH excluding ortho intramolecular Hbond substituents is 1. The Morgan fingerprint density at radius 2 is 2.08 bits per heavy atom. The van der Waals surface area contributed by atoms with Crippen molar-refractivity contribution in [3.05, 3.63) is 62.8 Å². The number of hydrogen-bond donors (Lipinski definition) is 3. The summed E-state index contributed by atoms with van der Waals surface area (Å²) in [5, 5.41) is 16.2. The smallest absolute Gasteiger partial charge is 0.259 e. The Bertz CT molecular complexity index is 845. The summed E-state index contributed by atoms with van der Waals surface area (Å²) in [6, 6.07) is 8.06. The van der Waals surface area contributed by atoms with Gasteiger partial charge < -0.3 is 10.4 Å². The van der Waals surface area contributed by atoms with Gasteiger partial charge in [-0.15, -0.1) is 0 Å². The van der Waals surface area contributed by atoms with Gasteiger partial charge in [-0.05, 0) is 46.3 Å². The fourth-order valence-corrected chi connectivity index (χ4v) is 2.62. The van der Waals surface area contributed by atoms with Crippen molar-refractivity contribution in [2.24, 2.45) is 5.10 Å². The lowest BCUT2D eigenvalue weighted by Gasteiger charge is -2.05. The molecule has 0 bridgehead atoms. The molecule has 9 heteroatoms. The average Bonchev–Trinajstić information content (AvgIpc) is 2.57. The van der Waals surface area contributed by atoms with Crippen LogP contribution in [0.3, 0.4) is 0 Å². The molecule has 2 aromatic carbocycles. The van der Waals surface area contributed by atoms with Crippen molar-refractivity contribution in [3.8, 4) is 5.75 Å². The number of phenols is 1. The highest BCUT2D eigenvalue weighted by Crippen LogP contribution is 2.30. The van der Waals surface area contributed by atoms with E-state index in [0.29, 0.717) is 15.1 Å². The van der Waals surface area contributed by atoms with Crippen LogP contribution in [0.5, 0.6) is 5.75 Å². The summed E-state index contributed by atoms with van der Waals surface area (Å²) >= 11 is 8.98. The van der Waals surface area contributed by atoms with Crippen molar-refractivity contribution < 1.29 is 19.1 Å². The molecule has 2 amide bonds. The van der Waals surface area contributed by atoms with Crippen LogP contribution in [0, 0.1) is 5.82 Å². The van der Waals surface area contributed by atoms with Crippen LogP contribution in [0.25, 0.3) is 0 Å².